The number of hydrogen-bond donors (Lipinski definition) is 1. The third-order valence-electron chi connectivity index (χ3n) is 3.44. The van der Waals surface area contributed by atoms with Gasteiger partial charge >= 0.3 is 0 Å². The van der Waals surface area contributed by atoms with E-state index in [1.54, 1.807) is 6.92 Å². The highest BCUT2D eigenvalue weighted by Crippen LogP contribution is 2.40. The summed E-state index contributed by atoms with van der Waals surface area (Å²) >= 11 is 0. The average Bonchev–Trinajstić information content (AvgIpc) is 2.47. The number of hydrogen-bond acceptors (Lipinski definition) is 3. The molecule has 0 saturated heterocycles. The first-order chi connectivity index (χ1) is 8.00. The van der Waals surface area contributed by atoms with Crippen molar-refractivity contribution in [1.29, 1.82) is 0 Å². The first-order valence-electron chi connectivity index (χ1n) is 6.07. The zero-order chi connectivity index (χ0) is 12.6. The molecule has 1 aromatic rings. The highest BCUT2D eigenvalue weighted by atomic mass is 32.2. The Hall–Kier alpha value is -0.870. The maximum atomic E-state index is 12.3. The molecule has 1 aromatic carbocycles. The molecule has 1 aliphatic heterocycles. The fraction of sp³-hybridized carbons (Fsp3) is 0.538. The minimum Gasteiger partial charge on any atom is -0.309 e. The summed E-state index contributed by atoms with van der Waals surface area (Å²) in [6.45, 7) is 6.59. The zero-order valence-electron chi connectivity index (χ0n) is 10.5. The summed E-state index contributed by atoms with van der Waals surface area (Å²) in [4.78, 5) is 0.543. The summed E-state index contributed by atoms with van der Waals surface area (Å²) in [6, 6.07) is 5.67. The van der Waals surface area contributed by atoms with Crippen molar-refractivity contribution in [2.24, 2.45) is 0 Å². The molecule has 3 nitrogen and oxygen atoms in total. The van der Waals surface area contributed by atoms with Gasteiger partial charge in [0.25, 0.3) is 0 Å². The van der Waals surface area contributed by atoms with Crippen molar-refractivity contribution in [3.63, 3.8) is 0 Å². The van der Waals surface area contributed by atoms with E-state index in [0.29, 0.717) is 4.90 Å². The van der Waals surface area contributed by atoms with Gasteiger partial charge in [-0.05, 0) is 37.9 Å². The van der Waals surface area contributed by atoms with E-state index in [1.807, 2.05) is 25.1 Å². The molecule has 17 heavy (non-hydrogen) atoms. The molecule has 2 atom stereocenters. The minimum atomic E-state index is -3.16. The lowest BCUT2D eigenvalue weighted by Crippen LogP contribution is -2.30. The van der Waals surface area contributed by atoms with Gasteiger partial charge in [0.1, 0.15) is 0 Å². The second-order valence-corrected chi connectivity index (χ2v) is 6.92. The molecule has 0 bridgehead atoms. The van der Waals surface area contributed by atoms with E-state index in [1.165, 1.54) is 0 Å². The Kier molecular flexibility index (Phi) is 3.27. The maximum absolute atomic E-state index is 12.3. The topological polar surface area (TPSA) is 46.2 Å². The molecule has 1 N–H and O–H groups in total. The van der Waals surface area contributed by atoms with Gasteiger partial charge in [0.2, 0.25) is 0 Å². The Morgan fingerprint density at radius 2 is 2.06 bits per heavy atom. The van der Waals surface area contributed by atoms with E-state index >= 15 is 0 Å². The fourth-order valence-corrected chi connectivity index (χ4v) is 4.52. The molecular formula is C13H19NO2S. The Balaban J connectivity index is 2.52. The van der Waals surface area contributed by atoms with Crippen LogP contribution < -0.4 is 5.32 Å². The summed E-state index contributed by atoms with van der Waals surface area (Å²) in [5, 5.41) is 2.97. The largest absolute Gasteiger partial charge is 0.309 e. The average molecular weight is 253 g/mol. The summed E-state index contributed by atoms with van der Waals surface area (Å²) in [5.74, 6) is 0. The smallest absolute Gasteiger partial charge is 0.183 e. The third-order valence-corrected chi connectivity index (χ3v) is 5.81. The fourth-order valence-electron chi connectivity index (χ4n) is 2.50. The summed E-state index contributed by atoms with van der Waals surface area (Å²) in [7, 11) is -3.16. The monoisotopic (exact) mass is 253 g/mol. The molecule has 4 heteroatoms. The van der Waals surface area contributed by atoms with Crippen molar-refractivity contribution in [1.82, 2.24) is 5.32 Å². The SMILES string of the molecule is CCCNC1c2cccc(C)c2S(=O)(=O)C1C. The van der Waals surface area contributed by atoms with Crippen molar-refractivity contribution < 1.29 is 8.42 Å². The van der Waals surface area contributed by atoms with Crippen molar-refractivity contribution in [3.8, 4) is 0 Å². The van der Waals surface area contributed by atoms with Crippen LogP contribution in [-0.4, -0.2) is 20.2 Å². The van der Waals surface area contributed by atoms with Crippen LogP contribution in [0.25, 0.3) is 0 Å². The van der Waals surface area contributed by atoms with Gasteiger partial charge in [0, 0.05) is 0 Å². The van der Waals surface area contributed by atoms with E-state index in [-0.39, 0.29) is 11.3 Å². The number of rotatable bonds is 3. The van der Waals surface area contributed by atoms with Gasteiger partial charge in [-0.25, -0.2) is 8.42 Å². The van der Waals surface area contributed by atoms with Crippen molar-refractivity contribution in [2.75, 3.05) is 6.54 Å². The van der Waals surface area contributed by atoms with Gasteiger partial charge in [-0.3, -0.25) is 0 Å². The van der Waals surface area contributed by atoms with Crippen LogP contribution in [0.3, 0.4) is 0 Å². The number of aryl methyl sites for hydroxylation is 1. The lowest BCUT2D eigenvalue weighted by molar-refractivity contribution is 0.515. The molecule has 0 radical (unpaired) electrons. The molecule has 2 rings (SSSR count). The van der Waals surface area contributed by atoms with Crippen LogP contribution in [0.5, 0.6) is 0 Å². The van der Waals surface area contributed by atoms with Gasteiger partial charge in [-0.1, -0.05) is 25.1 Å². The molecule has 0 saturated carbocycles. The van der Waals surface area contributed by atoms with Crippen LogP contribution in [0.2, 0.25) is 0 Å². The molecule has 0 spiro atoms. The van der Waals surface area contributed by atoms with Gasteiger partial charge < -0.3 is 5.32 Å². The normalized spacial score (nSPS) is 25.8. The van der Waals surface area contributed by atoms with Gasteiger partial charge in [0.05, 0.1) is 16.2 Å². The lowest BCUT2D eigenvalue weighted by atomic mass is 10.0. The molecule has 2 unspecified atom stereocenters. The van der Waals surface area contributed by atoms with Crippen LogP contribution >= 0.6 is 0 Å². The molecule has 94 valence electrons. The molecule has 0 aliphatic carbocycles. The standard InChI is InChI=1S/C13H19NO2S/c1-4-8-14-12-10(3)17(15,16)13-9(2)6-5-7-11(12)13/h5-7,10,12,14H,4,8H2,1-3H3. The van der Waals surface area contributed by atoms with Crippen molar-refractivity contribution >= 4 is 9.84 Å². The Labute approximate surface area is 103 Å². The number of sulfone groups is 1. The van der Waals surface area contributed by atoms with Gasteiger partial charge in [-0.15, -0.1) is 0 Å². The lowest BCUT2D eigenvalue weighted by Gasteiger charge is -2.16. The van der Waals surface area contributed by atoms with Crippen LogP contribution in [0, 0.1) is 6.92 Å². The van der Waals surface area contributed by atoms with E-state index in [0.717, 1.165) is 24.1 Å². The van der Waals surface area contributed by atoms with E-state index in [9.17, 15) is 8.42 Å². The molecule has 0 aromatic heterocycles. The van der Waals surface area contributed by atoms with Gasteiger partial charge in [0.15, 0.2) is 9.84 Å². The molecular weight excluding hydrogens is 234 g/mol. The minimum absolute atomic E-state index is 0.0603. The second-order valence-electron chi connectivity index (χ2n) is 4.68. The van der Waals surface area contributed by atoms with Crippen LogP contribution in [-0.2, 0) is 9.84 Å². The van der Waals surface area contributed by atoms with Crippen LogP contribution in [0.15, 0.2) is 23.1 Å². The van der Waals surface area contributed by atoms with Gasteiger partial charge in [-0.2, -0.15) is 0 Å². The predicted molar refractivity (Wildman–Crippen MR) is 68.9 cm³/mol. The summed E-state index contributed by atoms with van der Waals surface area (Å²) < 4.78 is 24.7. The van der Waals surface area contributed by atoms with Crippen molar-refractivity contribution in [3.05, 3.63) is 29.3 Å². The summed E-state index contributed by atoms with van der Waals surface area (Å²) in [5.41, 5.74) is 1.79. The molecule has 1 heterocycles. The first kappa shape index (κ1) is 12.6. The van der Waals surface area contributed by atoms with Crippen molar-refractivity contribution in [2.45, 2.75) is 43.4 Å². The van der Waals surface area contributed by atoms with Crippen LogP contribution in [0.1, 0.15) is 37.4 Å². The van der Waals surface area contributed by atoms with E-state index in [2.05, 4.69) is 12.2 Å². The molecule has 0 fully saturated rings. The summed E-state index contributed by atoms with van der Waals surface area (Å²) in [6.07, 6.45) is 1.00. The quantitative estimate of drug-likeness (QED) is 0.898. The Morgan fingerprint density at radius 3 is 2.71 bits per heavy atom. The second kappa shape index (κ2) is 4.42. The maximum Gasteiger partial charge on any atom is 0.183 e. The first-order valence-corrected chi connectivity index (χ1v) is 7.61. The van der Waals surface area contributed by atoms with Crippen LogP contribution in [0.4, 0.5) is 0 Å². The molecule has 1 aliphatic rings. The predicted octanol–water partition coefficient (Wildman–Crippen LogP) is 2.21. The highest BCUT2D eigenvalue weighted by molar-refractivity contribution is 7.92. The Morgan fingerprint density at radius 1 is 1.35 bits per heavy atom. The number of nitrogens with one attached hydrogen (secondary N) is 1. The third kappa shape index (κ3) is 1.89. The number of fused-ring (bicyclic) bond motifs is 1. The Bertz CT molecular complexity index is 522. The molecule has 0 amide bonds. The number of benzene rings is 1. The van der Waals surface area contributed by atoms with E-state index in [4.69, 9.17) is 0 Å². The highest BCUT2D eigenvalue weighted by Gasteiger charge is 2.42. The van der Waals surface area contributed by atoms with E-state index < -0.39 is 9.84 Å². The zero-order valence-corrected chi connectivity index (χ0v) is 11.3.